The molecule has 1 fully saturated rings. The van der Waals surface area contributed by atoms with Crippen LogP contribution in [0.4, 0.5) is 8.78 Å². The predicted molar refractivity (Wildman–Crippen MR) is 61.0 cm³/mol. The highest BCUT2D eigenvalue weighted by Gasteiger charge is 2.28. The number of alkyl halides is 1. The Morgan fingerprint density at radius 1 is 1.41 bits per heavy atom. The molecule has 1 aromatic heterocycles. The van der Waals surface area contributed by atoms with Crippen molar-refractivity contribution >= 4 is 11.0 Å². The Morgan fingerprint density at radius 3 is 3.00 bits per heavy atom. The van der Waals surface area contributed by atoms with Gasteiger partial charge in [-0.05, 0) is 31.5 Å². The Kier molecular flexibility index (Phi) is 2.59. The minimum Gasteiger partial charge on any atom is -0.455 e. The van der Waals surface area contributed by atoms with Crippen LogP contribution in [-0.4, -0.2) is 12.6 Å². The van der Waals surface area contributed by atoms with E-state index in [1.54, 1.807) is 18.2 Å². The van der Waals surface area contributed by atoms with E-state index in [4.69, 9.17) is 4.42 Å². The fraction of sp³-hybridized carbons (Fsp3) is 0.385. The van der Waals surface area contributed by atoms with E-state index < -0.39 is 12.0 Å². The number of para-hydroxylation sites is 1. The lowest BCUT2D eigenvalue weighted by Gasteiger charge is -2.12. The van der Waals surface area contributed by atoms with Gasteiger partial charge in [0.1, 0.15) is 5.76 Å². The third kappa shape index (κ3) is 1.82. The summed E-state index contributed by atoms with van der Waals surface area (Å²) in [5.41, 5.74) is 0.142. The van der Waals surface area contributed by atoms with Crippen molar-refractivity contribution < 1.29 is 13.2 Å². The molecule has 1 N–H and O–H groups in total. The number of benzene rings is 1. The summed E-state index contributed by atoms with van der Waals surface area (Å²) in [6.45, 7) is 0.833. The lowest BCUT2D eigenvalue weighted by atomic mass is 10.1. The van der Waals surface area contributed by atoms with Gasteiger partial charge in [-0.15, -0.1) is 0 Å². The van der Waals surface area contributed by atoms with E-state index in [1.165, 1.54) is 6.07 Å². The smallest absolute Gasteiger partial charge is 0.173 e. The largest absolute Gasteiger partial charge is 0.455 e. The number of fused-ring (bicyclic) bond motifs is 1. The van der Waals surface area contributed by atoms with E-state index >= 15 is 0 Å². The summed E-state index contributed by atoms with van der Waals surface area (Å²) >= 11 is 0. The molecule has 90 valence electrons. The van der Waals surface area contributed by atoms with Crippen molar-refractivity contribution in [3.63, 3.8) is 0 Å². The molecule has 2 atom stereocenters. The number of nitrogens with one attached hydrogen (secondary N) is 1. The molecule has 0 saturated carbocycles. The van der Waals surface area contributed by atoms with E-state index in [0.29, 0.717) is 5.39 Å². The average Bonchev–Trinajstić information content (AvgIpc) is 2.98. The molecule has 0 aliphatic carbocycles. The van der Waals surface area contributed by atoms with Crippen molar-refractivity contribution in [3.8, 4) is 0 Å². The van der Waals surface area contributed by atoms with Gasteiger partial charge in [-0.25, -0.2) is 8.78 Å². The molecule has 0 amide bonds. The minimum atomic E-state index is -1.20. The molecular formula is C13H13F2NO. The molecule has 4 heteroatoms. The van der Waals surface area contributed by atoms with Crippen LogP contribution >= 0.6 is 0 Å². The van der Waals surface area contributed by atoms with Crippen LogP contribution in [-0.2, 0) is 0 Å². The maximum atomic E-state index is 14.1. The van der Waals surface area contributed by atoms with Crippen LogP contribution in [0.1, 0.15) is 24.8 Å². The highest BCUT2D eigenvalue weighted by Crippen LogP contribution is 2.32. The van der Waals surface area contributed by atoms with Crippen LogP contribution in [0.2, 0.25) is 0 Å². The quantitative estimate of drug-likeness (QED) is 0.866. The Labute approximate surface area is 97.6 Å². The van der Waals surface area contributed by atoms with Crippen LogP contribution in [0, 0.1) is 5.82 Å². The molecule has 2 nitrogen and oxygen atoms in total. The summed E-state index contributed by atoms with van der Waals surface area (Å²) in [5.74, 6) is -0.232. The van der Waals surface area contributed by atoms with E-state index in [2.05, 4.69) is 5.32 Å². The molecule has 2 aromatic rings. The van der Waals surface area contributed by atoms with Gasteiger partial charge in [-0.3, -0.25) is 0 Å². The first kappa shape index (κ1) is 10.7. The maximum Gasteiger partial charge on any atom is 0.173 e. The first-order valence-corrected chi connectivity index (χ1v) is 5.81. The highest BCUT2D eigenvalue weighted by atomic mass is 19.1. The Balaban J connectivity index is 1.97. The van der Waals surface area contributed by atoms with Crippen LogP contribution in [0.3, 0.4) is 0 Å². The van der Waals surface area contributed by atoms with Gasteiger partial charge < -0.3 is 9.73 Å². The van der Waals surface area contributed by atoms with Crippen LogP contribution in [0.5, 0.6) is 0 Å². The summed E-state index contributed by atoms with van der Waals surface area (Å²) in [7, 11) is 0. The second-order valence-electron chi connectivity index (χ2n) is 4.41. The van der Waals surface area contributed by atoms with Gasteiger partial charge in [0, 0.05) is 11.4 Å². The summed E-state index contributed by atoms with van der Waals surface area (Å²) in [5, 5.41) is 3.70. The lowest BCUT2D eigenvalue weighted by Crippen LogP contribution is -2.26. The zero-order valence-electron chi connectivity index (χ0n) is 9.25. The molecule has 1 aliphatic heterocycles. The number of furan rings is 1. The number of hydrogen-bond acceptors (Lipinski definition) is 2. The predicted octanol–water partition coefficient (Wildman–Crippen LogP) is 3.33. The van der Waals surface area contributed by atoms with Gasteiger partial charge >= 0.3 is 0 Å². The zero-order chi connectivity index (χ0) is 11.8. The van der Waals surface area contributed by atoms with Crippen molar-refractivity contribution in [2.75, 3.05) is 6.54 Å². The summed E-state index contributed by atoms with van der Waals surface area (Å²) < 4.78 is 32.8. The number of hydrogen-bond donors (Lipinski definition) is 1. The molecule has 0 spiro atoms. The Bertz CT molecular complexity index is 531. The average molecular weight is 237 g/mol. The van der Waals surface area contributed by atoms with Gasteiger partial charge in [0.2, 0.25) is 0 Å². The molecule has 1 aliphatic rings. The molecule has 3 rings (SSSR count). The molecule has 2 unspecified atom stereocenters. The lowest BCUT2D eigenvalue weighted by molar-refractivity contribution is 0.234. The Hall–Kier alpha value is -1.42. The molecule has 0 bridgehead atoms. The Morgan fingerprint density at radius 2 is 2.29 bits per heavy atom. The molecular weight excluding hydrogens is 224 g/mol. The third-order valence-electron chi connectivity index (χ3n) is 3.24. The van der Waals surface area contributed by atoms with Crippen LogP contribution in [0.25, 0.3) is 11.0 Å². The highest BCUT2D eigenvalue weighted by molar-refractivity contribution is 5.78. The summed E-state index contributed by atoms with van der Waals surface area (Å²) in [6.07, 6.45) is 0.560. The fourth-order valence-corrected chi connectivity index (χ4v) is 2.34. The minimum absolute atomic E-state index is 0.142. The molecule has 0 radical (unpaired) electrons. The van der Waals surface area contributed by atoms with Gasteiger partial charge in [0.05, 0.1) is 0 Å². The van der Waals surface area contributed by atoms with Crippen LogP contribution in [0.15, 0.2) is 28.7 Å². The van der Waals surface area contributed by atoms with Crippen molar-refractivity contribution in [1.29, 1.82) is 0 Å². The second kappa shape index (κ2) is 4.11. The van der Waals surface area contributed by atoms with E-state index in [9.17, 15) is 8.78 Å². The summed E-state index contributed by atoms with van der Waals surface area (Å²) in [6, 6.07) is 6.01. The van der Waals surface area contributed by atoms with Gasteiger partial charge in [-0.2, -0.15) is 0 Å². The van der Waals surface area contributed by atoms with Crippen molar-refractivity contribution in [1.82, 2.24) is 5.32 Å². The van der Waals surface area contributed by atoms with Crippen molar-refractivity contribution in [2.24, 2.45) is 0 Å². The molecule has 1 saturated heterocycles. The summed E-state index contributed by atoms with van der Waals surface area (Å²) in [4.78, 5) is 0. The van der Waals surface area contributed by atoms with E-state index in [-0.39, 0.29) is 17.4 Å². The topological polar surface area (TPSA) is 25.2 Å². The first-order chi connectivity index (χ1) is 8.25. The standard InChI is InChI=1S/C13H13F2NO/c14-9-4-1-3-8-7-11(17-13(8)9)12(15)10-5-2-6-16-10/h1,3-4,7,10,12,16H,2,5-6H2. The zero-order valence-corrected chi connectivity index (χ0v) is 9.25. The third-order valence-corrected chi connectivity index (χ3v) is 3.24. The molecule has 2 heterocycles. The second-order valence-corrected chi connectivity index (χ2v) is 4.41. The van der Waals surface area contributed by atoms with Gasteiger partial charge in [-0.1, -0.05) is 12.1 Å². The van der Waals surface area contributed by atoms with E-state index in [1.807, 2.05) is 0 Å². The van der Waals surface area contributed by atoms with Crippen molar-refractivity contribution in [2.45, 2.75) is 25.1 Å². The maximum absolute atomic E-state index is 14.1. The SMILES string of the molecule is Fc1cccc2cc(C(F)C3CCCN3)oc12. The van der Waals surface area contributed by atoms with Gasteiger partial charge in [0.15, 0.2) is 17.6 Å². The number of halogens is 2. The van der Waals surface area contributed by atoms with E-state index in [0.717, 1.165) is 19.4 Å². The van der Waals surface area contributed by atoms with Crippen LogP contribution < -0.4 is 5.32 Å². The molecule has 1 aromatic carbocycles. The monoisotopic (exact) mass is 237 g/mol. The fourth-order valence-electron chi connectivity index (χ4n) is 2.34. The first-order valence-electron chi connectivity index (χ1n) is 5.81. The van der Waals surface area contributed by atoms with Gasteiger partial charge in [0.25, 0.3) is 0 Å². The normalized spacial score (nSPS) is 22.1. The molecule has 17 heavy (non-hydrogen) atoms. The van der Waals surface area contributed by atoms with Crippen molar-refractivity contribution in [3.05, 3.63) is 35.8 Å². The number of rotatable bonds is 2.